The van der Waals surface area contributed by atoms with Crippen LogP contribution in [0.5, 0.6) is 0 Å². The second-order valence-corrected chi connectivity index (χ2v) is 3.20. The molecular weight excluding hydrogens is 192 g/mol. The molecule has 0 amide bonds. The average Bonchev–Trinajstić information content (AvgIpc) is 2.53. The van der Waals surface area contributed by atoms with Gasteiger partial charge in [0.15, 0.2) is 5.57 Å². The zero-order chi connectivity index (χ0) is 9.84. The highest BCUT2D eigenvalue weighted by molar-refractivity contribution is 8.17. The zero-order valence-electron chi connectivity index (χ0n) is 6.79. The van der Waals surface area contributed by atoms with E-state index in [0.717, 1.165) is 11.8 Å². The number of thioether (sulfide) groups is 1. The van der Waals surface area contributed by atoms with Crippen molar-refractivity contribution in [2.24, 2.45) is 0 Å². The van der Waals surface area contributed by atoms with Crippen LogP contribution < -0.4 is 5.32 Å². The Kier molecular flexibility index (Phi) is 2.93. The SMILES string of the molecule is COC(=O)/C(C#N)=C1/NCC(=O)S1. The third kappa shape index (κ3) is 2.00. The van der Waals surface area contributed by atoms with Gasteiger partial charge in [-0.15, -0.1) is 0 Å². The van der Waals surface area contributed by atoms with Crippen molar-refractivity contribution >= 4 is 22.8 Å². The number of methoxy groups -OCH3 is 1. The van der Waals surface area contributed by atoms with Crippen molar-refractivity contribution in [3.05, 3.63) is 10.6 Å². The number of nitrogens with one attached hydrogen (secondary N) is 1. The van der Waals surface area contributed by atoms with Crippen LogP contribution in [0.4, 0.5) is 0 Å². The highest BCUT2D eigenvalue weighted by Gasteiger charge is 2.24. The van der Waals surface area contributed by atoms with Gasteiger partial charge in [-0.2, -0.15) is 5.26 Å². The lowest BCUT2D eigenvalue weighted by molar-refractivity contribution is -0.135. The fourth-order valence-corrected chi connectivity index (χ4v) is 1.52. The van der Waals surface area contributed by atoms with E-state index in [1.807, 2.05) is 0 Å². The Morgan fingerprint density at radius 2 is 2.46 bits per heavy atom. The zero-order valence-corrected chi connectivity index (χ0v) is 7.60. The predicted octanol–water partition coefficient (Wildman–Crippen LogP) is -0.242. The third-order valence-electron chi connectivity index (χ3n) is 1.34. The number of rotatable bonds is 1. The molecule has 6 heteroatoms. The van der Waals surface area contributed by atoms with Crippen molar-refractivity contribution < 1.29 is 14.3 Å². The Balaban J connectivity index is 2.94. The van der Waals surface area contributed by atoms with Crippen LogP contribution in [0.15, 0.2) is 10.6 Å². The van der Waals surface area contributed by atoms with Gasteiger partial charge >= 0.3 is 5.97 Å². The van der Waals surface area contributed by atoms with Crippen LogP contribution in [0.2, 0.25) is 0 Å². The van der Waals surface area contributed by atoms with Crippen LogP contribution in [-0.2, 0) is 14.3 Å². The number of esters is 1. The summed E-state index contributed by atoms with van der Waals surface area (Å²) in [4.78, 5) is 21.8. The van der Waals surface area contributed by atoms with Crippen LogP contribution in [-0.4, -0.2) is 24.7 Å². The molecule has 1 N–H and O–H groups in total. The molecular formula is C7H6N2O3S. The molecule has 1 saturated heterocycles. The second kappa shape index (κ2) is 3.96. The van der Waals surface area contributed by atoms with Crippen LogP contribution in [0.25, 0.3) is 0 Å². The molecule has 1 heterocycles. The van der Waals surface area contributed by atoms with E-state index in [9.17, 15) is 9.59 Å². The topological polar surface area (TPSA) is 79.2 Å². The summed E-state index contributed by atoms with van der Waals surface area (Å²) in [6.07, 6.45) is 0. The van der Waals surface area contributed by atoms with Crippen molar-refractivity contribution in [3.63, 3.8) is 0 Å². The second-order valence-electron chi connectivity index (χ2n) is 2.14. The van der Waals surface area contributed by atoms with Gasteiger partial charge in [0, 0.05) is 0 Å². The summed E-state index contributed by atoms with van der Waals surface area (Å²) in [6, 6.07) is 1.68. The molecule has 0 saturated carbocycles. The van der Waals surface area contributed by atoms with Crippen LogP contribution in [0.3, 0.4) is 0 Å². The predicted molar refractivity (Wildman–Crippen MR) is 45.3 cm³/mol. The lowest BCUT2D eigenvalue weighted by Crippen LogP contribution is -2.13. The fraction of sp³-hybridized carbons (Fsp3) is 0.286. The first kappa shape index (κ1) is 9.61. The number of carbonyl (C=O) groups is 2. The van der Waals surface area contributed by atoms with Gasteiger partial charge < -0.3 is 10.1 Å². The van der Waals surface area contributed by atoms with Gasteiger partial charge in [-0.1, -0.05) is 0 Å². The summed E-state index contributed by atoms with van der Waals surface area (Å²) in [5, 5.41) is 11.4. The Hall–Kier alpha value is -1.48. The maximum atomic E-state index is 11.0. The highest BCUT2D eigenvalue weighted by atomic mass is 32.2. The van der Waals surface area contributed by atoms with Gasteiger partial charge in [0.25, 0.3) is 0 Å². The minimum absolute atomic E-state index is 0.119. The van der Waals surface area contributed by atoms with Gasteiger partial charge in [0.1, 0.15) is 11.1 Å². The fourth-order valence-electron chi connectivity index (χ4n) is 0.769. The minimum atomic E-state index is -0.729. The lowest BCUT2D eigenvalue weighted by Gasteiger charge is -1.99. The molecule has 1 rings (SSSR count). The van der Waals surface area contributed by atoms with E-state index in [2.05, 4.69) is 10.1 Å². The van der Waals surface area contributed by atoms with E-state index in [0.29, 0.717) is 0 Å². The van der Waals surface area contributed by atoms with E-state index in [1.165, 1.54) is 7.11 Å². The van der Waals surface area contributed by atoms with Crippen molar-refractivity contribution in [3.8, 4) is 6.07 Å². The van der Waals surface area contributed by atoms with E-state index < -0.39 is 5.97 Å². The van der Waals surface area contributed by atoms with E-state index >= 15 is 0 Å². The molecule has 0 aliphatic carbocycles. The first-order chi connectivity index (χ1) is 6.19. The molecule has 0 bridgehead atoms. The molecule has 1 aliphatic heterocycles. The van der Waals surface area contributed by atoms with Gasteiger partial charge in [0.05, 0.1) is 13.7 Å². The van der Waals surface area contributed by atoms with Gasteiger partial charge in [0.2, 0.25) is 5.12 Å². The molecule has 0 spiro atoms. The molecule has 0 aromatic heterocycles. The summed E-state index contributed by atoms with van der Waals surface area (Å²) in [5.74, 6) is -0.729. The molecule has 68 valence electrons. The molecule has 1 aliphatic rings. The Morgan fingerprint density at radius 1 is 1.77 bits per heavy atom. The van der Waals surface area contributed by atoms with Gasteiger partial charge in [-0.25, -0.2) is 4.79 Å². The monoisotopic (exact) mass is 198 g/mol. The number of nitrogens with zero attached hydrogens (tertiary/aromatic N) is 1. The van der Waals surface area contributed by atoms with E-state index in [1.54, 1.807) is 6.07 Å². The normalized spacial score (nSPS) is 18.9. The van der Waals surface area contributed by atoms with Crippen LogP contribution in [0, 0.1) is 11.3 Å². The molecule has 0 unspecified atom stereocenters. The Bertz CT molecular complexity index is 329. The molecule has 13 heavy (non-hydrogen) atoms. The number of ether oxygens (including phenoxy) is 1. The molecule has 0 radical (unpaired) electrons. The van der Waals surface area contributed by atoms with Crippen LogP contribution in [0.1, 0.15) is 0 Å². The summed E-state index contributed by atoms with van der Waals surface area (Å²) < 4.78 is 4.37. The van der Waals surface area contributed by atoms with E-state index in [-0.39, 0.29) is 22.3 Å². The summed E-state index contributed by atoms with van der Waals surface area (Å²) in [7, 11) is 1.18. The Morgan fingerprint density at radius 3 is 2.85 bits per heavy atom. The number of hydrogen-bond donors (Lipinski definition) is 1. The molecule has 5 nitrogen and oxygen atoms in total. The standard InChI is InChI=1S/C7H6N2O3S/c1-12-7(11)4(2-8)6-9-3-5(10)13-6/h9H,3H2,1H3/b6-4-. The minimum Gasteiger partial charge on any atom is -0.465 e. The maximum absolute atomic E-state index is 11.0. The molecule has 0 aromatic carbocycles. The van der Waals surface area contributed by atoms with Crippen molar-refractivity contribution in [1.29, 1.82) is 5.26 Å². The van der Waals surface area contributed by atoms with Crippen molar-refractivity contribution in [1.82, 2.24) is 5.32 Å². The molecule has 1 fully saturated rings. The van der Waals surface area contributed by atoms with Gasteiger partial charge in [-0.3, -0.25) is 4.79 Å². The average molecular weight is 198 g/mol. The largest absolute Gasteiger partial charge is 0.465 e. The highest BCUT2D eigenvalue weighted by Crippen LogP contribution is 2.23. The first-order valence-electron chi connectivity index (χ1n) is 3.36. The number of carbonyl (C=O) groups excluding carboxylic acids is 2. The first-order valence-corrected chi connectivity index (χ1v) is 4.18. The van der Waals surface area contributed by atoms with Gasteiger partial charge in [-0.05, 0) is 11.8 Å². The third-order valence-corrected chi connectivity index (χ3v) is 2.26. The Labute approximate surface area is 78.7 Å². The van der Waals surface area contributed by atoms with Crippen molar-refractivity contribution in [2.45, 2.75) is 0 Å². The summed E-state index contributed by atoms with van der Waals surface area (Å²) >= 11 is 0.848. The molecule has 0 aromatic rings. The van der Waals surface area contributed by atoms with E-state index in [4.69, 9.17) is 5.26 Å². The lowest BCUT2D eigenvalue weighted by atomic mass is 10.3. The van der Waals surface area contributed by atoms with Crippen molar-refractivity contribution in [2.75, 3.05) is 13.7 Å². The maximum Gasteiger partial charge on any atom is 0.351 e. The smallest absolute Gasteiger partial charge is 0.351 e. The summed E-state index contributed by atoms with van der Waals surface area (Å²) in [6.45, 7) is 0.141. The van der Waals surface area contributed by atoms with Crippen LogP contribution >= 0.6 is 11.8 Å². The number of nitriles is 1. The summed E-state index contributed by atoms with van der Waals surface area (Å²) in [5.41, 5.74) is -0.154. The number of hydrogen-bond acceptors (Lipinski definition) is 6. The quantitative estimate of drug-likeness (QED) is 0.356. The molecule has 0 atom stereocenters.